The summed E-state index contributed by atoms with van der Waals surface area (Å²) in [5.41, 5.74) is 0.226. The zero-order chi connectivity index (χ0) is 18.0. The number of nitrogens with zero attached hydrogens (tertiary/aromatic N) is 2. The lowest BCUT2D eigenvalue weighted by Gasteiger charge is -2.56. The molecule has 1 saturated carbocycles. The van der Waals surface area contributed by atoms with Crippen LogP contribution >= 0.6 is 0 Å². The summed E-state index contributed by atoms with van der Waals surface area (Å²) in [5, 5.41) is 10.3. The van der Waals surface area contributed by atoms with Crippen molar-refractivity contribution in [1.29, 1.82) is 0 Å². The molecule has 2 fully saturated rings. The first-order valence-electron chi connectivity index (χ1n) is 8.73. The molecule has 3 rings (SSSR count). The van der Waals surface area contributed by atoms with Gasteiger partial charge in [-0.05, 0) is 25.8 Å². The van der Waals surface area contributed by atoms with Gasteiger partial charge in [-0.2, -0.15) is 4.98 Å². The van der Waals surface area contributed by atoms with Gasteiger partial charge in [0.05, 0.1) is 26.4 Å². The molecule has 2 atom stereocenters. The minimum atomic E-state index is -0.335. The van der Waals surface area contributed by atoms with Crippen LogP contribution in [-0.2, 0) is 4.74 Å². The highest BCUT2D eigenvalue weighted by molar-refractivity contribution is 5.96. The second-order valence-electron chi connectivity index (χ2n) is 6.63. The molecule has 1 aromatic heterocycles. The predicted molar refractivity (Wildman–Crippen MR) is 90.9 cm³/mol. The molecular formula is C18H26N2O5. The van der Waals surface area contributed by atoms with Crippen molar-refractivity contribution in [2.24, 2.45) is 5.41 Å². The quantitative estimate of drug-likeness (QED) is 0.867. The van der Waals surface area contributed by atoms with E-state index < -0.39 is 0 Å². The van der Waals surface area contributed by atoms with Gasteiger partial charge in [0, 0.05) is 37.6 Å². The summed E-state index contributed by atoms with van der Waals surface area (Å²) in [6.45, 7) is 3.81. The maximum atomic E-state index is 12.9. The zero-order valence-electron chi connectivity index (χ0n) is 15.0. The Hall–Kier alpha value is -1.86. The van der Waals surface area contributed by atoms with Crippen LogP contribution in [0.3, 0.4) is 0 Å². The molecule has 2 unspecified atom stereocenters. The Kier molecular flexibility index (Phi) is 5.15. The fourth-order valence-electron chi connectivity index (χ4n) is 3.97. The van der Waals surface area contributed by atoms with E-state index in [0.29, 0.717) is 37.6 Å². The standard InChI is InChI=1S/C18H26N2O5/c1-4-25-14-11-13(21)18(14)7-9-20(10-8-18)17(22)12-5-6-15(23-2)19-16(12)24-3/h5-6,13-14,21H,4,7-11H2,1-3H3. The first kappa shape index (κ1) is 17.9. The molecule has 2 aliphatic rings. The van der Waals surface area contributed by atoms with Gasteiger partial charge in [-0.15, -0.1) is 0 Å². The van der Waals surface area contributed by atoms with E-state index in [2.05, 4.69) is 4.98 Å². The van der Waals surface area contributed by atoms with E-state index in [9.17, 15) is 9.90 Å². The Bertz CT molecular complexity index is 626. The van der Waals surface area contributed by atoms with Gasteiger partial charge in [-0.1, -0.05) is 0 Å². The smallest absolute Gasteiger partial charge is 0.259 e. The van der Waals surface area contributed by atoms with Gasteiger partial charge in [0.1, 0.15) is 5.56 Å². The first-order chi connectivity index (χ1) is 12.1. The van der Waals surface area contributed by atoms with Crippen LogP contribution in [0.4, 0.5) is 0 Å². The molecule has 0 radical (unpaired) electrons. The number of aliphatic hydroxyl groups is 1. The van der Waals surface area contributed by atoms with Gasteiger partial charge in [-0.25, -0.2) is 0 Å². The number of pyridine rings is 1. The van der Waals surface area contributed by atoms with E-state index >= 15 is 0 Å². The Morgan fingerprint density at radius 2 is 2.04 bits per heavy atom. The van der Waals surface area contributed by atoms with Gasteiger partial charge >= 0.3 is 0 Å². The number of carbonyl (C=O) groups excluding carboxylic acids is 1. The van der Waals surface area contributed by atoms with Crippen LogP contribution < -0.4 is 9.47 Å². The number of amides is 1. The summed E-state index contributed by atoms with van der Waals surface area (Å²) in [5.74, 6) is 0.562. The van der Waals surface area contributed by atoms with Crippen molar-refractivity contribution in [2.45, 2.75) is 38.4 Å². The lowest BCUT2D eigenvalue weighted by Crippen LogP contribution is -2.62. The summed E-state index contributed by atoms with van der Waals surface area (Å²) in [4.78, 5) is 18.8. The first-order valence-corrected chi connectivity index (χ1v) is 8.73. The lowest BCUT2D eigenvalue weighted by atomic mass is 9.58. The number of aliphatic hydroxyl groups excluding tert-OH is 1. The number of carbonyl (C=O) groups is 1. The largest absolute Gasteiger partial charge is 0.481 e. The molecule has 0 aromatic carbocycles. The van der Waals surface area contributed by atoms with E-state index in [1.54, 1.807) is 17.0 Å². The third-order valence-corrected chi connectivity index (χ3v) is 5.56. The van der Waals surface area contributed by atoms with Gasteiger partial charge in [0.15, 0.2) is 0 Å². The number of rotatable bonds is 5. The molecular weight excluding hydrogens is 324 g/mol. The third kappa shape index (κ3) is 3.06. The second-order valence-corrected chi connectivity index (χ2v) is 6.63. The number of piperidine rings is 1. The van der Waals surface area contributed by atoms with Gasteiger partial charge < -0.3 is 24.2 Å². The van der Waals surface area contributed by atoms with Crippen LogP contribution in [0.5, 0.6) is 11.8 Å². The molecule has 7 heteroatoms. The van der Waals surface area contributed by atoms with Crippen LogP contribution in [0, 0.1) is 5.41 Å². The summed E-state index contributed by atoms with van der Waals surface area (Å²) >= 11 is 0. The molecule has 138 valence electrons. The number of ether oxygens (including phenoxy) is 3. The third-order valence-electron chi connectivity index (χ3n) is 5.56. The number of likely N-dealkylation sites (tertiary alicyclic amines) is 1. The normalized spacial score (nSPS) is 24.7. The zero-order valence-corrected chi connectivity index (χ0v) is 15.0. The number of hydrogen-bond donors (Lipinski definition) is 1. The van der Waals surface area contributed by atoms with Crippen LogP contribution in [-0.4, -0.2) is 67.0 Å². The van der Waals surface area contributed by atoms with Crippen molar-refractivity contribution in [3.8, 4) is 11.8 Å². The van der Waals surface area contributed by atoms with Gasteiger partial charge in [-0.3, -0.25) is 4.79 Å². The van der Waals surface area contributed by atoms with Crippen molar-refractivity contribution in [2.75, 3.05) is 33.9 Å². The highest BCUT2D eigenvalue weighted by Crippen LogP contribution is 2.51. The van der Waals surface area contributed by atoms with Gasteiger partial charge in [0.25, 0.3) is 5.91 Å². The lowest BCUT2D eigenvalue weighted by molar-refractivity contribution is -0.207. The maximum Gasteiger partial charge on any atom is 0.259 e. The number of hydrogen-bond acceptors (Lipinski definition) is 6. The van der Waals surface area contributed by atoms with Crippen molar-refractivity contribution in [1.82, 2.24) is 9.88 Å². The van der Waals surface area contributed by atoms with Crippen molar-refractivity contribution in [3.05, 3.63) is 17.7 Å². The van der Waals surface area contributed by atoms with Crippen LogP contribution in [0.15, 0.2) is 12.1 Å². The molecule has 7 nitrogen and oxygen atoms in total. The van der Waals surface area contributed by atoms with Crippen LogP contribution in [0.1, 0.15) is 36.5 Å². The molecule has 1 aliphatic heterocycles. The van der Waals surface area contributed by atoms with E-state index in [1.807, 2.05) is 6.92 Å². The maximum absolute atomic E-state index is 12.9. The number of methoxy groups -OCH3 is 2. The molecule has 0 bridgehead atoms. The van der Waals surface area contributed by atoms with E-state index in [-0.39, 0.29) is 29.4 Å². The second kappa shape index (κ2) is 7.17. The highest BCUT2D eigenvalue weighted by atomic mass is 16.5. The average molecular weight is 350 g/mol. The minimum Gasteiger partial charge on any atom is -0.481 e. The van der Waals surface area contributed by atoms with E-state index in [4.69, 9.17) is 14.2 Å². The minimum absolute atomic E-state index is 0.0990. The fourth-order valence-corrected chi connectivity index (χ4v) is 3.97. The summed E-state index contributed by atoms with van der Waals surface area (Å²) in [7, 11) is 3.01. The van der Waals surface area contributed by atoms with Gasteiger partial charge in [0.2, 0.25) is 11.8 Å². The van der Waals surface area contributed by atoms with Crippen molar-refractivity contribution in [3.63, 3.8) is 0 Å². The SMILES string of the molecule is CCOC1CC(O)C12CCN(C(=O)c1ccc(OC)nc1OC)CC2. The summed E-state index contributed by atoms with van der Waals surface area (Å²) in [6.07, 6.45) is 1.95. The summed E-state index contributed by atoms with van der Waals surface area (Å²) in [6, 6.07) is 3.33. The Balaban J connectivity index is 1.70. The topological polar surface area (TPSA) is 81.1 Å². The van der Waals surface area contributed by atoms with Crippen LogP contribution in [0.2, 0.25) is 0 Å². The molecule has 1 amide bonds. The molecule has 1 saturated heterocycles. The predicted octanol–water partition coefficient (Wildman–Crippen LogP) is 1.49. The molecule has 25 heavy (non-hydrogen) atoms. The Morgan fingerprint density at radius 3 is 2.60 bits per heavy atom. The Morgan fingerprint density at radius 1 is 1.32 bits per heavy atom. The van der Waals surface area contributed by atoms with E-state index in [0.717, 1.165) is 12.8 Å². The van der Waals surface area contributed by atoms with Crippen LogP contribution in [0.25, 0.3) is 0 Å². The fraction of sp³-hybridized carbons (Fsp3) is 0.667. The molecule has 1 N–H and O–H groups in total. The van der Waals surface area contributed by atoms with Crippen molar-refractivity contribution >= 4 is 5.91 Å². The average Bonchev–Trinajstić information content (AvgIpc) is 2.66. The Labute approximate surface area is 147 Å². The van der Waals surface area contributed by atoms with E-state index in [1.165, 1.54) is 14.2 Å². The molecule has 2 heterocycles. The number of aromatic nitrogens is 1. The molecule has 1 spiro atoms. The highest BCUT2D eigenvalue weighted by Gasteiger charge is 2.56. The molecule has 1 aliphatic carbocycles. The molecule has 1 aromatic rings. The summed E-state index contributed by atoms with van der Waals surface area (Å²) < 4.78 is 16.1. The van der Waals surface area contributed by atoms with Crippen molar-refractivity contribution < 1.29 is 24.1 Å². The monoisotopic (exact) mass is 350 g/mol.